The SMILES string of the molecule is CCC(C)/C(Cl)=C\CC(=O)[Si](C)(C)CC. The number of rotatable bonds is 6. The lowest BCUT2D eigenvalue weighted by atomic mass is 10.1. The molecule has 0 radical (unpaired) electrons. The summed E-state index contributed by atoms with van der Waals surface area (Å²) in [6.07, 6.45) is 3.46. The van der Waals surface area contributed by atoms with E-state index in [0.29, 0.717) is 17.7 Å². The number of hydrogen-bond donors (Lipinski definition) is 0. The van der Waals surface area contributed by atoms with Gasteiger partial charge < -0.3 is 4.79 Å². The zero-order chi connectivity index (χ0) is 12.1. The van der Waals surface area contributed by atoms with Crippen molar-refractivity contribution in [3.05, 3.63) is 11.1 Å². The van der Waals surface area contributed by atoms with Crippen LogP contribution in [0.1, 0.15) is 33.6 Å². The van der Waals surface area contributed by atoms with Crippen molar-refractivity contribution >= 4 is 25.1 Å². The summed E-state index contributed by atoms with van der Waals surface area (Å²) in [5.74, 6) is 0.380. The molecule has 0 aromatic rings. The maximum absolute atomic E-state index is 11.9. The molecule has 88 valence electrons. The lowest BCUT2D eigenvalue weighted by Gasteiger charge is -2.17. The second kappa shape index (κ2) is 6.49. The van der Waals surface area contributed by atoms with Gasteiger partial charge in [-0.1, -0.05) is 57.6 Å². The van der Waals surface area contributed by atoms with Crippen molar-refractivity contribution in [3.63, 3.8) is 0 Å². The average Bonchev–Trinajstić information content (AvgIpc) is 2.23. The second-order valence-corrected chi connectivity index (χ2v) is 10.2. The molecule has 15 heavy (non-hydrogen) atoms. The molecular formula is C12H23ClOSi. The minimum atomic E-state index is -1.63. The van der Waals surface area contributed by atoms with Crippen molar-refractivity contribution in [2.75, 3.05) is 0 Å². The van der Waals surface area contributed by atoms with Crippen LogP contribution in [0.3, 0.4) is 0 Å². The van der Waals surface area contributed by atoms with Crippen LogP contribution < -0.4 is 0 Å². The van der Waals surface area contributed by atoms with Gasteiger partial charge in [0.25, 0.3) is 0 Å². The summed E-state index contributed by atoms with van der Waals surface area (Å²) in [5.41, 5.74) is 0. The van der Waals surface area contributed by atoms with Crippen LogP contribution in [0, 0.1) is 5.92 Å². The highest BCUT2D eigenvalue weighted by Gasteiger charge is 2.26. The molecule has 0 amide bonds. The van der Waals surface area contributed by atoms with Gasteiger partial charge in [0.15, 0.2) is 0 Å². The molecule has 0 heterocycles. The molecule has 0 saturated heterocycles. The third kappa shape index (κ3) is 4.98. The number of carbonyl (C=O) groups is 1. The molecule has 3 heteroatoms. The fourth-order valence-electron chi connectivity index (χ4n) is 1.06. The number of halogens is 1. The first-order valence-electron chi connectivity index (χ1n) is 5.74. The highest BCUT2D eigenvalue weighted by atomic mass is 35.5. The van der Waals surface area contributed by atoms with Gasteiger partial charge in [-0.2, -0.15) is 0 Å². The van der Waals surface area contributed by atoms with Gasteiger partial charge >= 0.3 is 0 Å². The monoisotopic (exact) mass is 246 g/mol. The standard InChI is InChI=1S/C12H23ClOSi/c1-6-10(3)11(13)8-9-12(14)15(4,5)7-2/h8,10H,6-7,9H2,1-5H3/b11-8+. The van der Waals surface area contributed by atoms with Gasteiger partial charge in [0.2, 0.25) is 0 Å². The van der Waals surface area contributed by atoms with Gasteiger partial charge in [0, 0.05) is 11.5 Å². The van der Waals surface area contributed by atoms with E-state index in [2.05, 4.69) is 33.9 Å². The van der Waals surface area contributed by atoms with E-state index in [-0.39, 0.29) is 0 Å². The molecule has 0 aliphatic rings. The van der Waals surface area contributed by atoms with Crippen LogP contribution in [0.15, 0.2) is 11.1 Å². The van der Waals surface area contributed by atoms with Crippen molar-refractivity contribution in [2.24, 2.45) is 5.92 Å². The quantitative estimate of drug-likeness (QED) is 0.636. The Balaban J connectivity index is 4.33. The van der Waals surface area contributed by atoms with E-state index >= 15 is 0 Å². The number of allylic oxidation sites excluding steroid dienone is 2. The molecule has 0 fully saturated rings. The molecule has 1 unspecified atom stereocenters. The van der Waals surface area contributed by atoms with Crippen LogP contribution in [0.5, 0.6) is 0 Å². The molecular weight excluding hydrogens is 224 g/mol. The van der Waals surface area contributed by atoms with Crippen molar-refractivity contribution in [1.82, 2.24) is 0 Å². The molecule has 1 atom stereocenters. The normalized spacial score (nSPS) is 15.2. The van der Waals surface area contributed by atoms with E-state index < -0.39 is 8.07 Å². The van der Waals surface area contributed by atoms with Crippen LogP contribution in [-0.2, 0) is 4.79 Å². The summed E-state index contributed by atoms with van der Waals surface area (Å²) in [5, 5.41) is 1.25. The summed E-state index contributed by atoms with van der Waals surface area (Å²) in [4.78, 5) is 11.9. The zero-order valence-corrected chi connectivity index (χ0v) is 12.3. The van der Waals surface area contributed by atoms with E-state index in [1.807, 2.05) is 6.08 Å². The average molecular weight is 247 g/mol. The highest BCUT2D eigenvalue weighted by molar-refractivity contribution is 7.04. The first kappa shape index (κ1) is 14.9. The summed E-state index contributed by atoms with van der Waals surface area (Å²) in [6, 6.07) is 1.01. The van der Waals surface area contributed by atoms with Crippen molar-refractivity contribution in [2.45, 2.75) is 52.8 Å². The lowest BCUT2D eigenvalue weighted by molar-refractivity contribution is -0.112. The Labute approximate surface area is 99.9 Å². The van der Waals surface area contributed by atoms with Crippen molar-refractivity contribution in [3.8, 4) is 0 Å². The molecule has 0 aliphatic carbocycles. The van der Waals surface area contributed by atoms with E-state index in [9.17, 15) is 4.79 Å². The minimum absolute atomic E-state index is 0.380. The smallest absolute Gasteiger partial charge is 0.127 e. The molecule has 0 spiro atoms. The fourth-order valence-corrected chi connectivity index (χ4v) is 2.34. The van der Waals surface area contributed by atoms with E-state index in [1.165, 1.54) is 0 Å². The van der Waals surface area contributed by atoms with Gasteiger partial charge in [-0.3, -0.25) is 0 Å². The second-order valence-electron chi connectivity index (χ2n) is 4.76. The third-order valence-electron chi connectivity index (χ3n) is 3.20. The lowest BCUT2D eigenvalue weighted by Crippen LogP contribution is -2.35. The summed E-state index contributed by atoms with van der Waals surface area (Å²) >= 11 is 6.09. The maximum Gasteiger partial charge on any atom is 0.127 e. The van der Waals surface area contributed by atoms with E-state index in [4.69, 9.17) is 11.6 Å². The topological polar surface area (TPSA) is 17.1 Å². The van der Waals surface area contributed by atoms with E-state index in [0.717, 1.165) is 17.5 Å². The van der Waals surface area contributed by atoms with Crippen LogP contribution >= 0.6 is 11.6 Å². The summed E-state index contributed by atoms with van der Waals surface area (Å²) in [6.45, 7) is 10.5. The summed E-state index contributed by atoms with van der Waals surface area (Å²) in [7, 11) is -1.63. The molecule has 0 bridgehead atoms. The van der Waals surface area contributed by atoms with Crippen LogP contribution in [0.4, 0.5) is 0 Å². The van der Waals surface area contributed by atoms with Gasteiger partial charge in [-0.25, -0.2) is 0 Å². The first-order chi connectivity index (χ1) is 6.85. The molecule has 0 rings (SSSR count). The van der Waals surface area contributed by atoms with Gasteiger partial charge in [-0.15, -0.1) is 0 Å². The molecule has 0 N–H and O–H groups in total. The van der Waals surface area contributed by atoms with Crippen LogP contribution in [-0.4, -0.2) is 13.5 Å². The van der Waals surface area contributed by atoms with Crippen molar-refractivity contribution in [1.29, 1.82) is 0 Å². The Hall–Kier alpha value is -0.0831. The largest absolute Gasteiger partial charge is 0.305 e. The number of hydrogen-bond acceptors (Lipinski definition) is 1. The molecule has 1 nitrogen and oxygen atoms in total. The predicted molar refractivity (Wildman–Crippen MR) is 71.0 cm³/mol. The minimum Gasteiger partial charge on any atom is -0.305 e. The Kier molecular flexibility index (Phi) is 6.45. The van der Waals surface area contributed by atoms with E-state index in [1.54, 1.807) is 0 Å². The van der Waals surface area contributed by atoms with Gasteiger partial charge in [0.05, 0.1) is 0 Å². The molecule has 0 saturated carbocycles. The van der Waals surface area contributed by atoms with Gasteiger partial charge in [-0.05, 0) is 12.3 Å². The van der Waals surface area contributed by atoms with Crippen LogP contribution in [0.2, 0.25) is 19.1 Å². The van der Waals surface area contributed by atoms with Gasteiger partial charge in [0.1, 0.15) is 13.5 Å². The zero-order valence-electron chi connectivity index (χ0n) is 10.6. The van der Waals surface area contributed by atoms with Crippen molar-refractivity contribution < 1.29 is 4.79 Å². The first-order valence-corrected chi connectivity index (χ1v) is 9.32. The fraction of sp³-hybridized carbons (Fsp3) is 0.750. The Morgan fingerprint density at radius 3 is 2.33 bits per heavy atom. The third-order valence-corrected chi connectivity index (χ3v) is 7.21. The Morgan fingerprint density at radius 1 is 1.40 bits per heavy atom. The molecule has 0 aromatic heterocycles. The number of carbonyl (C=O) groups excluding carboxylic acids is 1. The summed E-state index contributed by atoms with van der Waals surface area (Å²) < 4.78 is 0. The van der Waals surface area contributed by atoms with Crippen LogP contribution in [0.25, 0.3) is 0 Å². The Morgan fingerprint density at radius 2 is 1.93 bits per heavy atom. The Bertz CT molecular complexity index is 246. The predicted octanol–water partition coefficient (Wildman–Crippen LogP) is 4.38. The molecule has 0 aromatic carbocycles. The molecule has 0 aliphatic heterocycles. The highest BCUT2D eigenvalue weighted by Crippen LogP contribution is 2.20. The maximum atomic E-state index is 11.9.